The standard InChI is InChI=1S/C16H14N2O2S/c1-3-18-15(19)13(11(2)14(10-17)16(18)20)8-4-6-12-7-5-9-21-12/h4-9H,3H2,1-2H3/b6-4+,13-8+. The Morgan fingerprint density at radius 2 is 2.14 bits per heavy atom. The molecule has 5 heteroatoms. The van der Waals surface area contributed by atoms with Gasteiger partial charge in [-0.25, -0.2) is 0 Å². The van der Waals surface area contributed by atoms with Crippen molar-refractivity contribution in [1.82, 2.24) is 4.90 Å². The van der Waals surface area contributed by atoms with E-state index >= 15 is 0 Å². The van der Waals surface area contributed by atoms with Crippen LogP contribution in [0.1, 0.15) is 18.7 Å². The van der Waals surface area contributed by atoms with Crippen LogP contribution in [0.3, 0.4) is 0 Å². The molecule has 1 aliphatic heterocycles. The number of hydrogen-bond acceptors (Lipinski definition) is 4. The van der Waals surface area contributed by atoms with Gasteiger partial charge >= 0.3 is 0 Å². The normalized spacial score (nSPS) is 18.0. The number of hydrogen-bond donors (Lipinski definition) is 0. The summed E-state index contributed by atoms with van der Waals surface area (Å²) in [7, 11) is 0. The maximum Gasteiger partial charge on any atom is 0.271 e. The van der Waals surface area contributed by atoms with E-state index in [1.807, 2.05) is 29.7 Å². The molecule has 0 N–H and O–H groups in total. The van der Waals surface area contributed by atoms with Crippen LogP contribution in [0.15, 0.2) is 46.4 Å². The molecule has 0 fully saturated rings. The molecule has 0 atom stereocenters. The van der Waals surface area contributed by atoms with Crippen molar-refractivity contribution in [2.75, 3.05) is 6.54 Å². The molecule has 4 nitrogen and oxygen atoms in total. The van der Waals surface area contributed by atoms with Crippen molar-refractivity contribution < 1.29 is 9.59 Å². The fourth-order valence-corrected chi connectivity index (χ4v) is 2.70. The van der Waals surface area contributed by atoms with Gasteiger partial charge in [0, 0.05) is 17.0 Å². The molecule has 2 amide bonds. The number of thiophene rings is 1. The van der Waals surface area contributed by atoms with Crippen molar-refractivity contribution in [3.63, 3.8) is 0 Å². The highest BCUT2D eigenvalue weighted by Gasteiger charge is 2.33. The highest BCUT2D eigenvalue weighted by Crippen LogP contribution is 2.25. The van der Waals surface area contributed by atoms with Crippen LogP contribution in [-0.2, 0) is 9.59 Å². The molecule has 0 aromatic carbocycles. The number of rotatable bonds is 3. The van der Waals surface area contributed by atoms with E-state index < -0.39 is 5.91 Å². The van der Waals surface area contributed by atoms with Gasteiger partial charge in [0.1, 0.15) is 11.6 Å². The van der Waals surface area contributed by atoms with Crippen LogP contribution in [0, 0.1) is 11.3 Å². The van der Waals surface area contributed by atoms with Gasteiger partial charge in [-0.1, -0.05) is 12.1 Å². The molecule has 2 rings (SSSR count). The predicted molar refractivity (Wildman–Crippen MR) is 82.1 cm³/mol. The molecular formula is C16H14N2O2S. The molecule has 21 heavy (non-hydrogen) atoms. The minimum atomic E-state index is -0.512. The lowest BCUT2D eigenvalue weighted by molar-refractivity contribution is -0.140. The third kappa shape index (κ3) is 2.86. The molecule has 0 bridgehead atoms. The van der Waals surface area contributed by atoms with E-state index in [1.165, 1.54) is 0 Å². The van der Waals surface area contributed by atoms with Crippen molar-refractivity contribution in [3.8, 4) is 6.07 Å². The number of carbonyl (C=O) groups is 2. The molecule has 2 heterocycles. The largest absolute Gasteiger partial charge is 0.274 e. The van der Waals surface area contributed by atoms with Crippen LogP contribution >= 0.6 is 11.3 Å². The molecule has 0 saturated heterocycles. The highest BCUT2D eigenvalue weighted by molar-refractivity contribution is 7.10. The van der Waals surface area contributed by atoms with Gasteiger partial charge in [-0.3, -0.25) is 14.5 Å². The average Bonchev–Trinajstić information content (AvgIpc) is 2.97. The van der Waals surface area contributed by atoms with Crippen molar-refractivity contribution in [2.45, 2.75) is 13.8 Å². The second kappa shape index (κ2) is 6.33. The summed E-state index contributed by atoms with van der Waals surface area (Å²) in [6.07, 6.45) is 5.31. The monoisotopic (exact) mass is 298 g/mol. The van der Waals surface area contributed by atoms with Crippen molar-refractivity contribution in [3.05, 3.63) is 51.3 Å². The predicted octanol–water partition coefficient (Wildman–Crippen LogP) is 2.92. The van der Waals surface area contributed by atoms with Gasteiger partial charge in [-0.2, -0.15) is 5.26 Å². The first-order valence-corrected chi connectivity index (χ1v) is 7.37. The summed E-state index contributed by atoms with van der Waals surface area (Å²) in [6, 6.07) is 5.81. The van der Waals surface area contributed by atoms with Crippen LogP contribution in [0.4, 0.5) is 0 Å². The number of carbonyl (C=O) groups excluding carboxylic acids is 2. The van der Waals surface area contributed by atoms with Crippen LogP contribution in [0.25, 0.3) is 6.08 Å². The molecule has 0 aliphatic carbocycles. The van der Waals surface area contributed by atoms with Crippen molar-refractivity contribution in [1.29, 1.82) is 5.26 Å². The molecule has 106 valence electrons. The molecule has 1 aromatic heterocycles. The Labute approximate surface area is 127 Å². The van der Waals surface area contributed by atoms with E-state index in [0.29, 0.717) is 11.1 Å². The molecule has 0 saturated carbocycles. The maximum atomic E-state index is 12.3. The second-order valence-electron chi connectivity index (χ2n) is 4.42. The Hall–Kier alpha value is -2.45. The van der Waals surface area contributed by atoms with E-state index in [1.54, 1.807) is 37.3 Å². The Morgan fingerprint density at radius 3 is 2.71 bits per heavy atom. The first kappa shape index (κ1) is 14.9. The smallest absolute Gasteiger partial charge is 0.271 e. The molecule has 1 aliphatic rings. The minimum absolute atomic E-state index is 0.0345. The Morgan fingerprint density at radius 1 is 1.38 bits per heavy atom. The van der Waals surface area contributed by atoms with E-state index in [-0.39, 0.29) is 18.0 Å². The summed E-state index contributed by atoms with van der Waals surface area (Å²) < 4.78 is 0. The lowest BCUT2D eigenvalue weighted by Crippen LogP contribution is -2.42. The number of likely N-dealkylation sites (N-methyl/N-ethyl adjacent to an activating group) is 1. The van der Waals surface area contributed by atoms with E-state index in [4.69, 9.17) is 5.26 Å². The van der Waals surface area contributed by atoms with Crippen molar-refractivity contribution >= 4 is 29.2 Å². The first-order chi connectivity index (χ1) is 10.1. The lowest BCUT2D eigenvalue weighted by Gasteiger charge is -2.25. The summed E-state index contributed by atoms with van der Waals surface area (Å²) in [5, 5.41) is 11.1. The topological polar surface area (TPSA) is 61.2 Å². The summed E-state index contributed by atoms with van der Waals surface area (Å²) in [5.41, 5.74) is 0.862. The van der Waals surface area contributed by atoms with Gasteiger partial charge in [-0.15, -0.1) is 11.3 Å². The van der Waals surface area contributed by atoms with Crippen LogP contribution in [0.5, 0.6) is 0 Å². The minimum Gasteiger partial charge on any atom is -0.274 e. The van der Waals surface area contributed by atoms with Gasteiger partial charge in [0.25, 0.3) is 11.8 Å². The molecule has 0 unspecified atom stereocenters. The number of nitrogens with zero attached hydrogens (tertiary/aromatic N) is 2. The summed E-state index contributed by atoms with van der Waals surface area (Å²) >= 11 is 1.59. The van der Waals surface area contributed by atoms with Crippen LogP contribution in [-0.4, -0.2) is 23.3 Å². The quantitative estimate of drug-likeness (QED) is 0.636. The van der Waals surface area contributed by atoms with Gasteiger partial charge in [0.15, 0.2) is 0 Å². The van der Waals surface area contributed by atoms with Crippen LogP contribution < -0.4 is 0 Å². The first-order valence-electron chi connectivity index (χ1n) is 6.49. The maximum absolute atomic E-state index is 12.3. The Kier molecular flexibility index (Phi) is 4.51. The number of amides is 2. The number of allylic oxidation sites excluding steroid dienone is 2. The molecule has 0 radical (unpaired) electrons. The fraction of sp³-hybridized carbons (Fsp3) is 0.188. The van der Waals surface area contributed by atoms with E-state index in [0.717, 1.165) is 9.78 Å². The number of nitriles is 1. The Bertz CT molecular complexity index is 703. The molecular weight excluding hydrogens is 284 g/mol. The van der Waals surface area contributed by atoms with Gasteiger partial charge < -0.3 is 0 Å². The summed E-state index contributed by atoms with van der Waals surface area (Å²) in [6.45, 7) is 3.60. The lowest BCUT2D eigenvalue weighted by atomic mass is 9.95. The van der Waals surface area contributed by atoms with E-state index in [9.17, 15) is 9.59 Å². The van der Waals surface area contributed by atoms with Gasteiger partial charge in [0.2, 0.25) is 0 Å². The van der Waals surface area contributed by atoms with E-state index in [2.05, 4.69) is 0 Å². The van der Waals surface area contributed by atoms with Gasteiger partial charge in [0.05, 0.1) is 0 Å². The SMILES string of the molecule is CCN1C(=O)C(C#N)=C(C)/C(=C\C=C\c2cccs2)C1=O. The zero-order valence-electron chi connectivity index (χ0n) is 11.8. The summed E-state index contributed by atoms with van der Waals surface area (Å²) in [5.74, 6) is -0.864. The molecule has 1 aromatic rings. The van der Waals surface area contributed by atoms with Gasteiger partial charge in [-0.05, 0) is 43.0 Å². The third-order valence-corrected chi connectivity index (χ3v) is 4.05. The zero-order valence-corrected chi connectivity index (χ0v) is 12.6. The average molecular weight is 298 g/mol. The van der Waals surface area contributed by atoms with Crippen LogP contribution in [0.2, 0.25) is 0 Å². The zero-order chi connectivity index (χ0) is 15.4. The second-order valence-corrected chi connectivity index (χ2v) is 5.40. The summed E-state index contributed by atoms with van der Waals surface area (Å²) in [4.78, 5) is 26.5. The number of imide groups is 1. The highest BCUT2D eigenvalue weighted by atomic mass is 32.1. The van der Waals surface area contributed by atoms with Crippen molar-refractivity contribution in [2.24, 2.45) is 0 Å². The molecule has 0 spiro atoms. The third-order valence-electron chi connectivity index (χ3n) is 3.21. The fourth-order valence-electron chi connectivity index (χ4n) is 2.07. The Balaban J connectivity index is 2.41.